The number of anilines is 3. The maximum Gasteiger partial charge on any atom is 0.290 e. The number of aromatic nitrogens is 4. The summed E-state index contributed by atoms with van der Waals surface area (Å²) in [5.41, 5.74) is 3.08. The molecule has 1 aliphatic rings. The Hall–Kier alpha value is -3.62. The van der Waals surface area contributed by atoms with E-state index in [1.165, 1.54) is 10.2 Å². The molecule has 0 saturated carbocycles. The molecule has 4 rings (SSSR count). The molecule has 186 valence electrons. The first-order valence-corrected chi connectivity index (χ1v) is 12.0. The number of carbonyl (C=O) groups excluding carboxylic acids is 1. The molecule has 1 atom stereocenters. The molecule has 2 N–H and O–H groups in total. The first-order valence-electron chi connectivity index (χ1n) is 12.0. The second-order valence-corrected chi connectivity index (χ2v) is 10.4. The average Bonchev–Trinajstić information content (AvgIpc) is 3.13. The molecule has 9 nitrogen and oxygen atoms in total. The Morgan fingerprint density at radius 1 is 1.06 bits per heavy atom. The van der Waals surface area contributed by atoms with E-state index in [-0.39, 0.29) is 22.9 Å². The fourth-order valence-electron chi connectivity index (χ4n) is 4.29. The predicted octanol–water partition coefficient (Wildman–Crippen LogP) is 3.26. The minimum absolute atomic E-state index is 0.00701. The third kappa shape index (κ3) is 5.55. The van der Waals surface area contributed by atoms with Gasteiger partial charge >= 0.3 is 0 Å². The summed E-state index contributed by atoms with van der Waals surface area (Å²) in [6, 6.07) is 11.5. The van der Waals surface area contributed by atoms with Crippen LogP contribution in [0, 0.1) is 6.92 Å². The number of carbonyl (C=O) groups is 1. The van der Waals surface area contributed by atoms with Crippen LogP contribution in [0.3, 0.4) is 0 Å². The molecule has 3 heterocycles. The number of aryl methyl sites for hydroxylation is 3. The summed E-state index contributed by atoms with van der Waals surface area (Å²) in [4.78, 5) is 27.7. The van der Waals surface area contributed by atoms with Crippen LogP contribution in [-0.4, -0.2) is 44.6 Å². The normalized spacial score (nSPS) is 16.3. The van der Waals surface area contributed by atoms with Crippen molar-refractivity contribution in [2.45, 2.75) is 52.0 Å². The number of nitrogens with zero attached hydrogens (tertiary/aromatic N) is 5. The van der Waals surface area contributed by atoms with Crippen molar-refractivity contribution in [1.29, 1.82) is 0 Å². The highest BCUT2D eigenvalue weighted by atomic mass is 16.2. The highest BCUT2D eigenvalue weighted by Gasteiger charge is 2.24. The van der Waals surface area contributed by atoms with Gasteiger partial charge in [-0.05, 0) is 42.9 Å². The van der Waals surface area contributed by atoms with E-state index < -0.39 is 0 Å². The molecule has 1 fully saturated rings. The van der Waals surface area contributed by atoms with Gasteiger partial charge in [-0.25, -0.2) is 4.68 Å². The highest BCUT2D eigenvalue weighted by molar-refractivity contribution is 5.94. The SMILES string of the molecule is Cc1cc(Nc2cc(N3CCCC(NC(=O)c4ccc(C(C)(C)C)cc4)C3)nn(C)c2=O)nn1C. The van der Waals surface area contributed by atoms with Gasteiger partial charge in [0.15, 0.2) is 11.6 Å². The number of rotatable bonds is 5. The quantitative estimate of drug-likeness (QED) is 0.586. The Morgan fingerprint density at radius 3 is 2.40 bits per heavy atom. The van der Waals surface area contributed by atoms with Crippen molar-refractivity contribution >= 4 is 23.2 Å². The molecule has 1 amide bonds. The largest absolute Gasteiger partial charge is 0.353 e. The fourth-order valence-corrected chi connectivity index (χ4v) is 4.29. The summed E-state index contributed by atoms with van der Waals surface area (Å²) >= 11 is 0. The van der Waals surface area contributed by atoms with Gasteiger partial charge in [-0.2, -0.15) is 10.2 Å². The van der Waals surface area contributed by atoms with Crippen LogP contribution in [0.25, 0.3) is 0 Å². The zero-order chi connectivity index (χ0) is 25.3. The number of hydrogen-bond acceptors (Lipinski definition) is 6. The summed E-state index contributed by atoms with van der Waals surface area (Å²) in [6.45, 7) is 9.86. The topological polar surface area (TPSA) is 97.1 Å². The van der Waals surface area contributed by atoms with E-state index in [2.05, 4.69) is 46.5 Å². The van der Waals surface area contributed by atoms with E-state index in [0.29, 0.717) is 29.4 Å². The van der Waals surface area contributed by atoms with Gasteiger partial charge < -0.3 is 15.5 Å². The third-order valence-electron chi connectivity index (χ3n) is 6.52. The summed E-state index contributed by atoms with van der Waals surface area (Å²) < 4.78 is 3.09. The van der Waals surface area contributed by atoms with Crippen molar-refractivity contribution in [3.05, 3.63) is 63.6 Å². The maximum absolute atomic E-state index is 12.9. The van der Waals surface area contributed by atoms with Gasteiger partial charge in [0.1, 0.15) is 5.69 Å². The molecule has 0 radical (unpaired) electrons. The smallest absolute Gasteiger partial charge is 0.290 e. The minimum Gasteiger partial charge on any atom is -0.353 e. The molecule has 1 saturated heterocycles. The van der Waals surface area contributed by atoms with E-state index in [1.54, 1.807) is 17.8 Å². The molecule has 1 unspecified atom stereocenters. The Kier molecular flexibility index (Phi) is 6.69. The van der Waals surface area contributed by atoms with Crippen molar-refractivity contribution < 1.29 is 4.79 Å². The van der Waals surface area contributed by atoms with Gasteiger partial charge in [0, 0.05) is 56.6 Å². The van der Waals surface area contributed by atoms with Crippen molar-refractivity contribution in [3.63, 3.8) is 0 Å². The van der Waals surface area contributed by atoms with Crippen LogP contribution in [0.1, 0.15) is 55.2 Å². The molecule has 35 heavy (non-hydrogen) atoms. The monoisotopic (exact) mass is 477 g/mol. The second-order valence-electron chi connectivity index (χ2n) is 10.4. The molecule has 9 heteroatoms. The number of piperidine rings is 1. The lowest BCUT2D eigenvalue weighted by Crippen LogP contribution is -2.48. The summed E-state index contributed by atoms with van der Waals surface area (Å²) in [5.74, 6) is 1.23. The Balaban J connectivity index is 1.47. The van der Waals surface area contributed by atoms with Crippen LogP contribution in [0.15, 0.2) is 41.2 Å². The zero-order valence-corrected chi connectivity index (χ0v) is 21.4. The fraction of sp³-hybridized carbons (Fsp3) is 0.462. The first kappa shape index (κ1) is 24.5. The van der Waals surface area contributed by atoms with Gasteiger partial charge in [-0.3, -0.25) is 14.3 Å². The van der Waals surface area contributed by atoms with Crippen LogP contribution in [-0.2, 0) is 19.5 Å². The van der Waals surface area contributed by atoms with E-state index in [0.717, 1.165) is 25.1 Å². The molecule has 1 aliphatic heterocycles. The lowest BCUT2D eigenvalue weighted by Gasteiger charge is -2.34. The summed E-state index contributed by atoms with van der Waals surface area (Å²) in [7, 11) is 3.50. The van der Waals surface area contributed by atoms with Crippen molar-refractivity contribution in [2.24, 2.45) is 14.1 Å². The molecular weight excluding hydrogens is 442 g/mol. The Morgan fingerprint density at radius 2 is 1.77 bits per heavy atom. The molecule has 3 aromatic rings. The van der Waals surface area contributed by atoms with Crippen LogP contribution < -0.4 is 21.1 Å². The number of hydrogen-bond donors (Lipinski definition) is 2. The van der Waals surface area contributed by atoms with Gasteiger partial charge in [0.2, 0.25) is 0 Å². The highest BCUT2D eigenvalue weighted by Crippen LogP contribution is 2.23. The standard InChI is InChI=1S/C26H35N7O2/c1-17-14-22(29-31(17)5)28-21-15-23(30-32(6)25(21)35)33-13-7-8-20(16-33)27-24(34)18-9-11-19(12-10-18)26(2,3)4/h9-12,14-15,20H,7-8,13,16H2,1-6H3,(H,27,34)(H,28,29). The van der Waals surface area contributed by atoms with E-state index in [9.17, 15) is 9.59 Å². The van der Waals surface area contributed by atoms with Gasteiger partial charge in [-0.15, -0.1) is 0 Å². The molecule has 0 aliphatic carbocycles. The second kappa shape index (κ2) is 9.56. The first-order chi connectivity index (χ1) is 16.5. The molecule has 2 aromatic heterocycles. The Bertz CT molecular complexity index is 1250. The Labute approximate surface area is 206 Å². The average molecular weight is 478 g/mol. The molecule has 1 aromatic carbocycles. The van der Waals surface area contributed by atoms with Crippen molar-refractivity contribution in [2.75, 3.05) is 23.3 Å². The molecule has 0 bridgehead atoms. The lowest BCUT2D eigenvalue weighted by molar-refractivity contribution is 0.0933. The van der Waals surface area contributed by atoms with E-state index in [1.807, 2.05) is 44.3 Å². The molecular formula is C26H35N7O2. The minimum atomic E-state index is -0.224. The third-order valence-corrected chi connectivity index (χ3v) is 6.52. The zero-order valence-electron chi connectivity index (χ0n) is 21.4. The van der Waals surface area contributed by atoms with E-state index >= 15 is 0 Å². The van der Waals surface area contributed by atoms with Crippen LogP contribution in [0.4, 0.5) is 17.3 Å². The van der Waals surface area contributed by atoms with Gasteiger partial charge in [-0.1, -0.05) is 32.9 Å². The lowest BCUT2D eigenvalue weighted by atomic mass is 9.86. The van der Waals surface area contributed by atoms with Crippen LogP contribution in [0.2, 0.25) is 0 Å². The van der Waals surface area contributed by atoms with Crippen LogP contribution >= 0.6 is 0 Å². The van der Waals surface area contributed by atoms with Gasteiger partial charge in [0.25, 0.3) is 11.5 Å². The number of amides is 1. The summed E-state index contributed by atoms with van der Waals surface area (Å²) in [6.07, 6.45) is 1.81. The number of nitrogens with one attached hydrogen (secondary N) is 2. The maximum atomic E-state index is 12.9. The predicted molar refractivity (Wildman–Crippen MR) is 139 cm³/mol. The van der Waals surface area contributed by atoms with Crippen molar-refractivity contribution in [1.82, 2.24) is 24.9 Å². The number of benzene rings is 1. The van der Waals surface area contributed by atoms with Gasteiger partial charge in [0.05, 0.1) is 0 Å². The van der Waals surface area contributed by atoms with Crippen LogP contribution in [0.5, 0.6) is 0 Å². The summed E-state index contributed by atoms with van der Waals surface area (Å²) in [5, 5.41) is 15.2. The van der Waals surface area contributed by atoms with E-state index in [4.69, 9.17) is 0 Å². The molecule has 0 spiro atoms. The van der Waals surface area contributed by atoms with Crippen molar-refractivity contribution in [3.8, 4) is 0 Å².